The molecule has 74 valence electrons. The molecule has 1 aromatic rings. The van der Waals surface area contributed by atoms with Gasteiger partial charge in [0.05, 0.1) is 5.91 Å². The smallest absolute Gasteiger partial charge is 0.560 e. The Labute approximate surface area is 131 Å². The summed E-state index contributed by atoms with van der Waals surface area (Å²) in [5.41, 5.74) is 0.861. The van der Waals surface area contributed by atoms with Crippen molar-refractivity contribution >= 4 is 12.0 Å². The Bertz CT molecular complexity index is 327. The number of imide groups is 1. The second-order valence-corrected chi connectivity index (χ2v) is 2.67. The molecule has 0 aliphatic carbocycles. The largest absolute Gasteiger partial charge is 1.00 e. The molecule has 0 saturated carbocycles. The van der Waals surface area contributed by atoms with Crippen molar-refractivity contribution in [3.05, 3.63) is 41.2 Å². The van der Waals surface area contributed by atoms with Crippen LogP contribution >= 0.6 is 0 Å². The summed E-state index contributed by atoms with van der Waals surface area (Å²) in [6, 6.07) is 9.18. The van der Waals surface area contributed by atoms with Crippen molar-refractivity contribution in [1.29, 1.82) is 0 Å². The number of rotatable bonds is 2. The summed E-state index contributed by atoms with van der Waals surface area (Å²) in [6.07, 6.45) is -0.846. The number of benzene rings is 1. The molecule has 1 rings (SSSR count). The summed E-state index contributed by atoms with van der Waals surface area (Å²) >= 11 is 0. The molecule has 0 heterocycles. The molecule has 0 radical (unpaired) electrons. The molecular formula is C10H10KNO3. The Morgan fingerprint density at radius 2 is 1.87 bits per heavy atom. The van der Waals surface area contributed by atoms with Crippen molar-refractivity contribution < 1.29 is 65.7 Å². The number of amides is 2. The number of ether oxygens (including phenoxy) is 1. The van der Waals surface area contributed by atoms with Crippen LogP contribution in [-0.2, 0) is 16.1 Å². The average molecular weight is 231 g/mol. The summed E-state index contributed by atoms with van der Waals surface area (Å²) in [4.78, 5) is 21.2. The van der Waals surface area contributed by atoms with E-state index >= 15 is 0 Å². The van der Waals surface area contributed by atoms with Crippen LogP contribution in [0.2, 0.25) is 0 Å². The molecule has 0 aliphatic rings. The minimum Gasteiger partial charge on any atom is -0.560 e. The molecule has 0 spiro atoms. The first-order valence-electron chi connectivity index (χ1n) is 4.11. The molecule has 4 nitrogen and oxygen atoms in total. The van der Waals surface area contributed by atoms with Gasteiger partial charge in [0.2, 0.25) is 6.09 Å². The van der Waals surface area contributed by atoms with E-state index < -0.39 is 12.0 Å². The number of nitrogens with zero attached hydrogens (tertiary/aromatic N) is 1. The van der Waals surface area contributed by atoms with Crippen LogP contribution in [0.4, 0.5) is 4.79 Å². The minimum atomic E-state index is -0.846. The molecule has 0 saturated heterocycles. The maximum Gasteiger partial charge on any atom is 1.00 e. The van der Waals surface area contributed by atoms with Crippen molar-refractivity contribution in [2.75, 3.05) is 0 Å². The molecule has 15 heavy (non-hydrogen) atoms. The van der Waals surface area contributed by atoms with Crippen LogP contribution < -0.4 is 51.4 Å². The van der Waals surface area contributed by atoms with E-state index in [9.17, 15) is 9.59 Å². The van der Waals surface area contributed by atoms with Crippen LogP contribution in [0.15, 0.2) is 30.3 Å². The molecule has 0 atom stereocenters. The third-order valence-corrected chi connectivity index (χ3v) is 1.45. The first-order valence-corrected chi connectivity index (χ1v) is 4.11. The summed E-state index contributed by atoms with van der Waals surface area (Å²) in [5.74, 6) is -0.553. The second kappa shape index (κ2) is 8.01. The zero-order valence-electron chi connectivity index (χ0n) is 8.77. The van der Waals surface area contributed by atoms with Gasteiger partial charge in [-0.25, -0.2) is 0 Å². The van der Waals surface area contributed by atoms with Gasteiger partial charge in [0, 0.05) is 0 Å². The Kier molecular flexibility index (Phi) is 7.90. The fourth-order valence-electron chi connectivity index (χ4n) is 0.880. The summed E-state index contributed by atoms with van der Waals surface area (Å²) in [7, 11) is 0. The van der Waals surface area contributed by atoms with Crippen molar-refractivity contribution in [2.45, 2.75) is 13.5 Å². The quantitative estimate of drug-likeness (QED) is 0.629. The van der Waals surface area contributed by atoms with Crippen LogP contribution in [-0.4, -0.2) is 12.0 Å². The monoisotopic (exact) mass is 231 g/mol. The zero-order chi connectivity index (χ0) is 10.4. The molecule has 5 heteroatoms. The molecule has 0 fully saturated rings. The molecule has 0 aromatic heterocycles. The van der Waals surface area contributed by atoms with Gasteiger partial charge in [0.1, 0.15) is 6.61 Å². The van der Waals surface area contributed by atoms with Crippen LogP contribution in [0.25, 0.3) is 5.32 Å². The molecule has 0 bridgehead atoms. The first kappa shape index (κ1) is 14.8. The predicted octanol–water partition coefficient (Wildman–Crippen LogP) is -0.753. The van der Waals surface area contributed by atoms with E-state index in [1.54, 1.807) is 0 Å². The Hall–Kier alpha value is -0.204. The normalized spacial score (nSPS) is 8.60. The molecule has 0 unspecified atom stereocenters. The summed E-state index contributed by atoms with van der Waals surface area (Å²) < 4.78 is 4.71. The van der Waals surface area contributed by atoms with E-state index in [-0.39, 0.29) is 58.0 Å². The van der Waals surface area contributed by atoms with Crippen LogP contribution in [0.5, 0.6) is 0 Å². The average Bonchev–Trinajstić information content (AvgIpc) is 2.15. The number of carbonyl (C=O) groups excluding carboxylic acids is 2. The third-order valence-electron chi connectivity index (χ3n) is 1.45. The topological polar surface area (TPSA) is 57.5 Å². The maximum absolute atomic E-state index is 10.8. The van der Waals surface area contributed by atoms with Crippen molar-refractivity contribution in [3.8, 4) is 0 Å². The molecule has 0 aliphatic heterocycles. The Morgan fingerprint density at radius 1 is 1.27 bits per heavy atom. The van der Waals surface area contributed by atoms with E-state index in [0.29, 0.717) is 0 Å². The first-order chi connectivity index (χ1) is 6.68. The van der Waals surface area contributed by atoms with E-state index in [2.05, 4.69) is 5.32 Å². The molecule has 1 aromatic carbocycles. The van der Waals surface area contributed by atoms with Crippen LogP contribution in [0.1, 0.15) is 12.5 Å². The van der Waals surface area contributed by atoms with E-state index in [1.165, 1.54) is 6.92 Å². The SMILES string of the molecule is CC(=O)[N-]C(=O)OCc1ccccc1.[K+]. The van der Waals surface area contributed by atoms with Crippen molar-refractivity contribution in [1.82, 2.24) is 0 Å². The standard InChI is InChI=1S/C10H11NO3.K/c1-8(12)11-10(13)14-7-9-5-3-2-4-6-9;/h2-6H,7H2,1H3,(H,11,12,13);/q;+1/p-1. The van der Waals surface area contributed by atoms with Gasteiger partial charge < -0.3 is 14.8 Å². The van der Waals surface area contributed by atoms with Crippen molar-refractivity contribution in [2.24, 2.45) is 0 Å². The van der Waals surface area contributed by atoms with Crippen LogP contribution in [0.3, 0.4) is 0 Å². The van der Waals surface area contributed by atoms with Gasteiger partial charge in [-0.15, -0.1) is 0 Å². The van der Waals surface area contributed by atoms with Gasteiger partial charge in [0.25, 0.3) is 0 Å². The van der Waals surface area contributed by atoms with Gasteiger partial charge in [-0.2, -0.15) is 0 Å². The second-order valence-electron chi connectivity index (χ2n) is 2.67. The van der Waals surface area contributed by atoms with Gasteiger partial charge in [-0.3, -0.25) is 4.79 Å². The third kappa shape index (κ3) is 6.81. The molecule has 2 amide bonds. The zero-order valence-corrected chi connectivity index (χ0v) is 11.9. The van der Waals surface area contributed by atoms with Gasteiger partial charge >= 0.3 is 51.4 Å². The van der Waals surface area contributed by atoms with Gasteiger partial charge in [-0.05, 0) is 12.5 Å². The van der Waals surface area contributed by atoms with E-state index in [4.69, 9.17) is 4.74 Å². The number of hydrogen-bond acceptors (Lipinski definition) is 3. The predicted molar refractivity (Wildman–Crippen MR) is 50.7 cm³/mol. The fraction of sp³-hybridized carbons (Fsp3) is 0.200. The Morgan fingerprint density at radius 3 is 2.40 bits per heavy atom. The van der Waals surface area contributed by atoms with Gasteiger partial charge in [0.15, 0.2) is 0 Å². The Balaban J connectivity index is 0.00000196. The molecular weight excluding hydrogens is 221 g/mol. The molecule has 0 N–H and O–H groups in total. The fourth-order valence-corrected chi connectivity index (χ4v) is 0.880. The summed E-state index contributed by atoms with van der Waals surface area (Å²) in [5, 5.41) is 3.09. The minimum absolute atomic E-state index is 0. The summed E-state index contributed by atoms with van der Waals surface area (Å²) in [6.45, 7) is 1.33. The maximum atomic E-state index is 10.8. The van der Waals surface area contributed by atoms with Gasteiger partial charge in [-0.1, -0.05) is 30.3 Å². The van der Waals surface area contributed by atoms with Crippen LogP contribution in [0, 0.1) is 0 Å². The number of hydrogen-bond donors (Lipinski definition) is 0. The van der Waals surface area contributed by atoms with E-state index in [0.717, 1.165) is 5.56 Å². The number of carbonyl (C=O) groups is 2. The van der Waals surface area contributed by atoms with E-state index in [1.807, 2.05) is 30.3 Å². The van der Waals surface area contributed by atoms with Crippen molar-refractivity contribution in [3.63, 3.8) is 0 Å².